The molecule has 0 bridgehead atoms. The van der Waals surface area contributed by atoms with Gasteiger partial charge in [-0.05, 0) is 63.9 Å². The first-order valence-electron chi connectivity index (χ1n) is 8.64. The molecule has 1 aliphatic heterocycles. The van der Waals surface area contributed by atoms with Gasteiger partial charge in [0.1, 0.15) is 0 Å². The van der Waals surface area contributed by atoms with Crippen molar-refractivity contribution < 1.29 is 9.59 Å². The lowest BCUT2D eigenvalue weighted by Crippen LogP contribution is -2.30. The van der Waals surface area contributed by atoms with Crippen LogP contribution in [-0.2, 0) is 4.79 Å². The number of hydrogen-bond acceptors (Lipinski definition) is 3. The molecule has 2 rings (SSSR count). The van der Waals surface area contributed by atoms with Crippen LogP contribution in [0.3, 0.4) is 0 Å². The normalized spacial score (nSPS) is 16.2. The average Bonchev–Trinajstić information content (AvgIpc) is 3.07. The third-order valence-corrected chi connectivity index (χ3v) is 4.79. The zero-order valence-corrected chi connectivity index (χ0v) is 16.4. The maximum atomic E-state index is 12.4. The first-order chi connectivity index (χ1) is 11.5. The Morgan fingerprint density at radius 1 is 1.32 bits per heavy atom. The Bertz CT molecular complexity index is 586. The summed E-state index contributed by atoms with van der Waals surface area (Å²) in [6.07, 6.45) is 2.54. The van der Waals surface area contributed by atoms with E-state index in [1.807, 2.05) is 13.8 Å². The van der Waals surface area contributed by atoms with Gasteiger partial charge in [0.25, 0.3) is 5.91 Å². The largest absolute Gasteiger partial charge is 0.339 e. The van der Waals surface area contributed by atoms with E-state index in [1.54, 1.807) is 23.1 Å². The molecule has 1 heterocycles. The molecule has 1 aliphatic rings. The molecule has 0 radical (unpaired) electrons. The van der Waals surface area contributed by atoms with Crippen molar-refractivity contribution in [1.82, 2.24) is 10.2 Å². The summed E-state index contributed by atoms with van der Waals surface area (Å²) in [5.41, 5.74) is 1.10. The smallest absolute Gasteiger partial charge is 0.255 e. The van der Waals surface area contributed by atoms with Crippen molar-refractivity contribution in [2.75, 3.05) is 31.5 Å². The van der Waals surface area contributed by atoms with E-state index >= 15 is 0 Å². The van der Waals surface area contributed by atoms with Crippen molar-refractivity contribution in [3.8, 4) is 0 Å². The maximum absolute atomic E-state index is 12.4. The summed E-state index contributed by atoms with van der Waals surface area (Å²) in [6, 6.07) is 5.06. The number of nitrogens with zero attached hydrogens (tertiary/aromatic N) is 1. The van der Waals surface area contributed by atoms with Crippen molar-refractivity contribution in [3.63, 3.8) is 0 Å². The minimum absolute atomic E-state index is 0. The highest BCUT2D eigenvalue weighted by molar-refractivity contribution is 6.34. The van der Waals surface area contributed by atoms with Crippen LogP contribution in [0.4, 0.5) is 5.69 Å². The summed E-state index contributed by atoms with van der Waals surface area (Å²) in [4.78, 5) is 26.1. The molecule has 0 aliphatic carbocycles. The third kappa shape index (κ3) is 6.17. The lowest BCUT2D eigenvalue weighted by atomic mass is 10.0. The molecule has 1 saturated heterocycles. The summed E-state index contributed by atoms with van der Waals surface area (Å²) < 4.78 is 0. The number of carbonyl (C=O) groups is 2. The predicted octanol–water partition coefficient (Wildman–Crippen LogP) is 3.57. The van der Waals surface area contributed by atoms with Crippen LogP contribution in [0.25, 0.3) is 0 Å². The highest BCUT2D eigenvalue weighted by atomic mass is 35.5. The Balaban J connectivity index is 0.00000312. The van der Waals surface area contributed by atoms with Crippen LogP contribution in [0.2, 0.25) is 5.02 Å². The van der Waals surface area contributed by atoms with E-state index in [4.69, 9.17) is 11.6 Å². The van der Waals surface area contributed by atoms with Gasteiger partial charge in [0.05, 0.1) is 10.6 Å². The van der Waals surface area contributed by atoms with Crippen LogP contribution >= 0.6 is 24.0 Å². The van der Waals surface area contributed by atoms with Gasteiger partial charge in [-0.25, -0.2) is 0 Å². The molecule has 1 unspecified atom stereocenters. The van der Waals surface area contributed by atoms with Gasteiger partial charge in [0, 0.05) is 25.2 Å². The molecule has 2 N–H and O–H groups in total. The minimum Gasteiger partial charge on any atom is -0.339 e. The van der Waals surface area contributed by atoms with E-state index < -0.39 is 0 Å². The van der Waals surface area contributed by atoms with Crippen molar-refractivity contribution in [2.24, 2.45) is 5.92 Å². The van der Waals surface area contributed by atoms with Crippen molar-refractivity contribution in [3.05, 3.63) is 28.8 Å². The Labute approximate surface area is 160 Å². The third-order valence-electron chi connectivity index (χ3n) is 4.48. The topological polar surface area (TPSA) is 61.4 Å². The number of carbonyl (C=O) groups excluding carboxylic acids is 2. The first kappa shape index (κ1) is 21.7. The first-order valence-corrected chi connectivity index (χ1v) is 9.02. The Morgan fingerprint density at radius 3 is 2.60 bits per heavy atom. The molecule has 0 spiro atoms. The number of hydrogen-bond donors (Lipinski definition) is 2. The highest BCUT2D eigenvalue weighted by Crippen LogP contribution is 2.23. The van der Waals surface area contributed by atoms with Gasteiger partial charge in [-0.1, -0.05) is 11.6 Å². The number of benzene rings is 1. The van der Waals surface area contributed by atoms with E-state index in [9.17, 15) is 9.59 Å². The number of amides is 2. The molecule has 5 nitrogen and oxygen atoms in total. The van der Waals surface area contributed by atoms with Crippen molar-refractivity contribution in [2.45, 2.75) is 33.1 Å². The lowest BCUT2D eigenvalue weighted by molar-refractivity contribution is -0.116. The van der Waals surface area contributed by atoms with Crippen LogP contribution in [0, 0.1) is 5.92 Å². The van der Waals surface area contributed by atoms with Crippen LogP contribution in [-0.4, -0.2) is 42.9 Å². The second kappa shape index (κ2) is 10.6. The quantitative estimate of drug-likeness (QED) is 0.751. The molecular formula is C18H27Cl2N3O2. The second-order valence-electron chi connectivity index (χ2n) is 6.12. The standard InChI is InChI=1S/C18H26ClN3O2.ClH/c1-3-22(4-2)18(24)15-7-6-14(11-16(15)19)21-17(23)8-5-13-9-10-20-12-13;/h6-7,11,13,20H,3-5,8-10,12H2,1-2H3,(H,21,23);1H. The fraction of sp³-hybridized carbons (Fsp3) is 0.556. The van der Waals surface area contributed by atoms with Gasteiger partial charge in [-0.3, -0.25) is 9.59 Å². The van der Waals surface area contributed by atoms with Crippen molar-refractivity contribution in [1.29, 1.82) is 0 Å². The molecule has 1 aromatic carbocycles. The number of rotatable bonds is 7. The zero-order valence-electron chi connectivity index (χ0n) is 14.8. The predicted molar refractivity (Wildman–Crippen MR) is 105 cm³/mol. The van der Waals surface area contributed by atoms with Crippen molar-refractivity contribution >= 4 is 41.5 Å². The fourth-order valence-corrected chi connectivity index (χ4v) is 3.23. The van der Waals surface area contributed by atoms with Crippen LogP contribution < -0.4 is 10.6 Å². The molecule has 25 heavy (non-hydrogen) atoms. The summed E-state index contributed by atoms with van der Waals surface area (Å²) in [7, 11) is 0. The van der Waals surface area contributed by atoms with Gasteiger partial charge in [-0.2, -0.15) is 0 Å². The Kier molecular flexibility index (Phi) is 9.25. The number of anilines is 1. The number of nitrogens with one attached hydrogen (secondary N) is 2. The molecular weight excluding hydrogens is 361 g/mol. The summed E-state index contributed by atoms with van der Waals surface area (Å²) in [5.74, 6) is 0.491. The van der Waals surface area contributed by atoms with E-state index in [1.165, 1.54) is 0 Å². The van der Waals surface area contributed by atoms with Gasteiger partial charge in [0.15, 0.2) is 0 Å². The van der Waals surface area contributed by atoms with Gasteiger partial charge < -0.3 is 15.5 Å². The van der Waals surface area contributed by atoms with Gasteiger partial charge >= 0.3 is 0 Å². The minimum atomic E-state index is -0.0865. The lowest BCUT2D eigenvalue weighted by Gasteiger charge is -2.19. The molecule has 1 fully saturated rings. The highest BCUT2D eigenvalue weighted by Gasteiger charge is 2.18. The molecule has 1 atom stereocenters. The fourth-order valence-electron chi connectivity index (χ4n) is 2.97. The summed E-state index contributed by atoms with van der Waals surface area (Å²) >= 11 is 6.24. The molecule has 1 aromatic rings. The van der Waals surface area contributed by atoms with E-state index in [0.717, 1.165) is 25.9 Å². The Morgan fingerprint density at radius 2 is 2.04 bits per heavy atom. The molecule has 140 valence electrons. The molecule has 0 saturated carbocycles. The van der Waals surface area contributed by atoms with Crippen LogP contribution in [0.15, 0.2) is 18.2 Å². The van der Waals surface area contributed by atoms with Gasteiger partial charge in [-0.15, -0.1) is 12.4 Å². The zero-order chi connectivity index (χ0) is 17.5. The van der Waals surface area contributed by atoms with E-state index in [-0.39, 0.29) is 24.2 Å². The Hall–Kier alpha value is -1.30. The summed E-state index contributed by atoms with van der Waals surface area (Å²) in [6.45, 7) is 7.19. The SMILES string of the molecule is CCN(CC)C(=O)c1ccc(NC(=O)CCC2CCNC2)cc1Cl.Cl. The van der Waals surface area contributed by atoms with Gasteiger partial charge in [0.2, 0.25) is 5.91 Å². The maximum Gasteiger partial charge on any atom is 0.255 e. The monoisotopic (exact) mass is 387 g/mol. The number of halogens is 2. The van der Waals surface area contributed by atoms with Crippen LogP contribution in [0.1, 0.15) is 43.5 Å². The van der Waals surface area contributed by atoms with E-state index in [0.29, 0.717) is 41.7 Å². The van der Waals surface area contributed by atoms with Crippen LogP contribution in [0.5, 0.6) is 0 Å². The molecule has 0 aromatic heterocycles. The molecule has 7 heteroatoms. The summed E-state index contributed by atoms with van der Waals surface area (Å²) in [5, 5.41) is 6.53. The van der Waals surface area contributed by atoms with E-state index in [2.05, 4.69) is 10.6 Å². The molecule has 2 amide bonds. The average molecular weight is 388 g/mol. The second-order valence-corrected chi connectivity index (χ2v) is 6.52.